The second kappa shape index (κ2) is 6.16. The van der Waals surface area contributed by atoms with E-state index in [1.807, 2.05) is 11.0 Å². The predicted molar refractivity (Wildman–Crippen MR) is 71.0 cm³/mol. The van der Waals surface area contributed by atoms with Crippen molar-refractivity contribution in [2.75, 3.05) is 18.0 Å². The summed E-state index contributed by atoms with van der Waals surface area (Å²) in [6, 6.07) is 8.31. The van der Waals surface area contributed by atoms with Crippen molar-refractivity contribution < 1.29 is 0 Å². The van der Waals surface area contributed by atoms with Gasteiger partial charge in [0.05, 0.1) is 0 Å². The Bertz CT molecular complexity index is 358. The van der Waals surface area contributed by atoms with Gasteiger partial charge in [0.2, 0.25) is 0 Å². The summed E-state index contributed by atoms with van der Waals surface area (Å²) in [6.45, 7) is 7.88. The van der Waals surface area contributed by atoms with Gasteiger partial charge in [-0.05, 0) is 38.0 Å². The third-order valence-corrected chi connectivity index (χ3v) is 2.40. The molecule has 1 rings (SSSR count). The van der Waals surface area contributed by atoms with Crippen LogP contribution in [0, 0.1) is 6.92 Å². The fourth-order valence-corrected chi connectivity index (χ4v) is 1.58. The number of nitrogens with two attached hydrogens (primary N) is 1. The Kier molecular flexibility index (Phi) is 4.83. The second-order valence-corrected chi connectivity index (χ2v) is 3.82. The quantitative estimate of drug-likeness (QED) is 0.624. The molecule has 0 amide bonds. The molecule has 0 radical (unpaired) electrons. The molecule has 1 aromatic rings. The Morgan fingerprint density at radius 3 is 2.69 bits per heavy atom. The van der Waals surface area contributed by atoms with Crippen molar-refractivity contribution in [2.45, 2.75) is 27.2 Å². The molecular weight excluding hydrogens is 198 g/mol. The molecule has 0 unspecified atom stereocenters. The highest BCUT2D eigenvalue weighted by molar-refractivity contribution is 5.94. The van der Waals surface area contributed by atoms with E-state index in [-0.39, 0.29) is 0 Å². The van der Waals surface area contributed by atoms with E-state index in [1.54, 1.807) is 0 Å². The maximum Gasteiger partial charge on any atom is 0.195 e. The third-order valence-electron chi connectivity index (χ3n) is 2.40. The molecule has 0 aromatic heterocycles. The molecule has 0 atom stereocenters. The van der Waals surface area contributed by atoms with Gasteiger partial charge in [0, 0.05) is 18.8 Å². The molecule has 1 aromatic carbocycles. The van der Waals surface area contributed by atoms with Gasteiger partial charge in [-0.1, -0.05) is 19.1 Å². The highest BCUT2D eigenvalue weighted by atomic mass is 15.2. The van der Waals surface area contributed by atoms with E-state index >= 15 is 0 Å². The van der Waals surface area contributed by atoms with Crippen LogP contribution in [0.3, 0.4) is 0 Å². The van der Waals surface area contributed by atoms with E-state index in [0.717, 1.165) is 25.2 Å². The summed E-state index contributed by atoms with van der Waals surface area (Å²) in [6.07, 6.45) is 1.02. The fourth-order valence-electron chi connectivity index (χ4n) is 1.58. The Balaban J connectivity index is 2.89. The summed E-state index contributed by atoms with van der Waals surface area (Å²) in [7, 11) is 0. The summed E-state index contributed by atoms with van der Waals surface area (Å²) >= 11 is 0. The number of guanidine groups is 1. The van der Waals surface area contributed by atoms with Crippen LogP contribution in [0.15, 0.2) is 29.3 Å². The molecule has 0 aliphatic rings. The van der Waals surface area contributed by atoms with Crippen LogP contribution >= 0.6 is 0 Å². The first-order chi connectivity index (χ1) is 7.69. The standard InChI is InChI=1S/C13H21N3/c1-4-9-15-13(14)16(5-2)12-8-6-7-11(3)10-12/h6-8,10H,4-5,9H2,1-3H3,(H2,14,15). The summed E-state index contributed by atoms with van der Waals surface area (Å²) < 4.78 is 0. The molecular formula is C13H21N3. The molecule has 0 aliphatic heterocycles. The lowest BCUT2D eigenvalue weighted by Gasteiger charge is -2.22. The maximum absolute atomic E-state index is 5.97. The molecule has 0 bridgehead atoms. The van der Waals surface area contributed by atoms with E-state index < -0.39 is 0 Å². The lowest BCUT2D eigenvalue weighted by Crippen LogP contribution is -2.37. The smallest absolute Gasteiger partial charge is 0.195 e. The zero-order valence-electron chi connectivity index (χ0n) is 10.4. The van der Waals surface area contributed by atoms with Crippen LogP contribution < -0.4 is 10.6 Å². The van der Waals surface area contributed by atoms with Gasteiger partial charge < -0.3 is 10.6 Å². The van der Waals surface area contributed by atoms with Crippen LogP contribution in [0.25, 0.3) is 0 Å². The average molecular weight is 219 g/mol. The molecule has 0 spiro atoms. The van der Waals surface area contributed by atoms with E-state index in [1.165, 1.54) is 5.56 Å². The molecule has 0 saturated heterocycles. The van der Waals surface area contributed by atoms with Gasteiger partial charge in [0.25, 0.3) is 0 Å². The molecule has 2 N–H and O–H groups in total. The van der Waals surface area contributed by atoms with Crippen molar-refractivity contribution in [1.29, 1.82) is 0 Å². The molecule has 0 aliphatic carbocycles. The van der Waals surface area contributed by atoms with Crippen LogP contribution in [0.4, 0.5) is 5.69 Å². The molecule has 88 valence electrons. The molecule has 3 heteroatoms. The third kappa shape index (κ3) is 3.26. The fraction of sp³-hybridized carbons (Fsp3) is 0.462. The number of hydrogen-bond acceptors (Lipinski definition) is 1. The topological polar surface area (TPSA) is 41.6 Å². The zero-order valence-corrected chi connectivity index (χ0v) is 10.4. The van der Waals surface area contributed by atoms with Gasteiger partial charge in [-0.3, -0.25) is 4.99 Å². The summed E-state index contributed by atoms with van der Waals surface area (Å²) in [5.74, 6) is 0.606. The Labute approximate surface area is 98.0 Å². The average Bonchev–Trinajstić information content (AvgIpc) is 2.27. The largest absolute Gasteiger partial charge is 0.370 e. The van der Waals surface area contributed by atoms with E-state index in [4.69, 9.17) is 5.73 Å². The first-order valence-corrected chi connectivity index (χ1v) is 5.83. The van der Waals surface area contributed by atoms with Gasteiger partial charge in [0.15, 0.2) is 5.96 Å². The van der Waals surface area contributed by atoms with Gasteiger partial charge in [0.1, 0.15) is 0 Å². The van der Waals surface area contributed by atoms with Gasteiger partial charge >= 0.3 is 0 Å². The van der Waals surface area contributed by atoms with E-state index in [9.17, 15) is 0 Å². The predicted octanol–water partition coefficient (Wildman–Crippen LogP) is 2.55. The van der Waals surface area contributed by atoms with Crippen molar-refractivity contribution in [2.24, 2.45) is 10.7 Å². The molecule has 0 fully saturated rings. The highest BCUT2D eigenvalue weighted by Crippen LogP contribution is 2.15. The SMILES string of the molecule is CCCN=C(N)N(CC)c1cccc(C)c1. The molecule has 16 heavy (non-hydrogen) atoms. The first-order valence-electron chi connectivity index (χ1n) is 5.83. The maximum atomic E-state index is 5.97. The van der Waals surface area contributed by atoms with E-state index in [0.29, 0.717) is 5.96 Å². The summed E-state index contributed by atoms with van der Waals surface area (Å²) in [5.41, 5.74) is 8.32. The number of hydrogen-bond donors (Lipinski definition) is 1. The Hall–Kier alpha value is -1.51. The summed E-state index contributed by atoms with van der Waals surface area (Å²) in [5, 5.41) is 0. The minimum atomic E-state index is 0.606. The number of nitrogens with zero attached hydrogens (tertiary/aromatic N) is 2. The molecule has 0 heterocycles. The van der Waals surface area contributed by atoms with Crippen molar-refractivity contribution >= 4 is 11.6 Å². The normalized spacial score (nSPS) is 11.6. The lowest BCUT2D eigenvalue weighted by molar-refractivity contribution is 0.914. The van der Waals surface area contributed by atoms with Gasteiger partial charge in [-0.25, -0.2) is 0 Å². The van der Waals surface area contributed by atoms with Crippen LogP contribution in [-0.2, 0) is 0 Å². The van der Waals surface area contributed by atoms with Gasteiger partial charge in [-0.15, -0.1) is 0 Å². The number of anilines is 1. The van der Waals surface area contributed by atoms with Crippen molar-refractivity contribution in [1.82, 2.24) is 0 Å². The minimum Gasteiger partial charge on any atom is -0.370 e. The Morgan fingerprint density at radius 2 is 2.12 bits per heavy atom. The van der Waals surface area contributed by atoms with Crippen LogP contribution in [0.2, 0.25) is 0 Å². The number of aryl methyl sites for hydroxylation is 1. The van der Waals surface area contributed by atoms with Crippen molar-refractivity contribution in [3.63, 3.8) is 0 Å². The Morgan fingerprint density at radius 1 is 1.38 bits per heavy atom. The van der Waals surface area contributed by atoms with Crippen molar-refractivity contribution in [3.05, 3.63) is 29.8 Å². The zero-order chi connectivity index (χ0) is 12.0. The van der Waals surface area contributed by atoms with Crippen LogP contribution in [-0.4, -0.2) is 19.0 Å². The number of benzene rings is 1. The molecule has 0 saturated carbocycles. The monoisotopic (exact) mass is 219 g/mol. The lowest BCUT2D eigenvalue weighted by atomic mass is 10.2. The highest BCUT2D eigenvalue weighted by Gasteiger charge is 2.07. The molecule has 3 nitrogen and oxygen atoms in total. The van der Waals surface area contributed by atoms with Crippen LogP contribution in [0.1, 0.15) is 25.8 Å². The second-order valence-electron chi connectivity index (χ2n) is 3.82. The summed E-state index contributed by atoms with van der Waals surface area (Å²) in [4.78, 5) is 6.37. The van der Waals surface area contributed by atoms with Gasteiger partial charge in [-0.2, -0.15) is 0 Å². The number of rotatable bonds is 4. The number of aliphatic imine (C=N–C) groups is 1. The van der Waals surface area contributed by atoms with Crippen LogP contribution in [0.5, 0.6) is 0 Å². The minimum absolute atomic E-state index is 0.606. The van der Waals surface area contributed by atoms with E-state index in [2.05, 4.69) is 44.0 Å². The van der Waals surface area contributed by atoms with Crippen molar-refractivity contribution in [3.8, 4) is 0 Å². The first kappa shape index (κ1) is 12.6.